The Balaban J connectivity index is 1.92. The summed E-state index contributed by atoms with van der Waals surface area (Å²) in [4.78, 5) is 49.6. The maximum atomic E-state index is 13.3. The van der Waals surface area contributed by atoms with Crippen molar-refractivity contribution < 1.29 is 23.9 Å². The minimum absolute atomic E-state index is 0.0684. The van der Waals surface area contributed by atoms with Gasteiger partial charge in [0.15, 0.2) is 0 Å². The Morgan fingerprint density at radius 3 is 2.24 bits per heavy atom. The summed E-state index contributed by atoms with van der Waals surface area (Å²) < 4.78 is 11.1. The van der Waals surface area contributed by atoms with Gasteiger partial charge in [-0.2, -0.15) is 0 Å². The lowest BCUT2D eigenvalue weighted by molar-refractivity contribution is -0.125. The molecule has 0 spiro atoms. The Labute approximate surface area is 258 Å². The van der Waals surface area contributed by atoms with Crippen molar-refractivity contribution in [1.82, 2.24) is 30.8 Å². The van der Waals surface area contributed by atoms with Crippen LogP contribution in [0.2, 0.25) is 0 Å². The van der Waals surface area contributed by atoms with Crippen molar-refractivity contribution in [1.29, 1.82) is 0 Å². The van der Waals surface area contributed by atoms with Crippen molar-refractivity contribution in [3.8, 4) is 0 Å². The van der Waals surface area contributed by atoms with Crippen LogP contribution in [-0.2, 0) is 27.4 Å². The first-order valence-corrected chi connectivity index (χ1v) is 16.4. The number of hydrogen-bond donors (Lipinski definition) is 3. The molecule has 0 saturated heterocycles. The first kappa shape index (κ1) is 35.4. The molecule has 236 valence electrons. The average molecular weight is 625 g/mol. The number of nitrogens with one attached hydrogen (secondary N) is 3. The van der Waals surface area contributed by atoms with Gasteiger partial charge in [0.05, 0.1) is 34.2 Å². The number of aromatic nitrogens is 2. The number of hydrogen-bond acceptors (Lipinski definition) is 9. The Bertz CT molecular complexity index is 1080. The van der Waals surface area contributed by atoms with E-state index in [4.69, 9.17) is 9.47 Å². The van der Waals surface area contributed by atoms with Gasteiger partial charge in [-0.25, -0.2) is 14.6 Å². The van der Waals surface area contributed by atoms with E-state index in [9.17, 15) is 14.4 Å². The zero-order valence-corrected chi connectivity index (χ0v) is 27.6. The molecule has 4 amide bonds. The number of carbonyl (C=O) groups is 3. The van der Waals surface area contributed by atoms with Gasteiger partial charge in [-0.1, -0.05) is 41.5 Å². The standard InChI is InChI=1S/C29H48N6O5S2/c1-8-21(10-11-22(9-2)33-29(38)40-15-24-12-30-18-42-24)31-26(36)25(16-39-14-19(3)4)34-28(37)35(7)13-23-17-41-27(32-23)20(5)6/h12,17-22,25H,8-11,13-16H2,1-7H3,(H,31,36)(H,33,38)(H,34,37)/t21-,22-,25-/m0/s1. The summed E-state index contributed by atoms with van der Waals surface area (Å²) in [5.74, 6) is 0.322. The monoisotopic (exact) mass is 624 g/mol. The van der Waals surface area contributed by atoms with Gasteiger partial charge in [0.1, 0.15) is 12.6 Å². The summed E-state index contributed by atoms with van der Waals surface area (Å²) >= 11 is 3.01. The number of alkyl carbamates (subject to hydrolysis) is 1. The van der Waals surface area contributed by atoms with Crippen LogP contribution in [0.4, 0.5) is 9.59 Å². The molecule has 0 saturated carbocycles. The van der Waals surface area contributed by atoms with Crippen molar-refractivity contribution >= 4 is 40.7 Å². The van der Waals surface area contributed by atoms with Crippen LogP contribution in [0.5, 0.6) is 0 Å². The third-order valence-corrected chi connectivity index (χ3v) is 8.45. The number of rotatable bonds is 18. The molecule has 11 nitrogen and oxygen atoms in total. The topological polar surface area (TPSA) is 135 Å². The molecule has 3 atom stereocenters. The lowest BCUT2D eigenvalue weighted by Gasteiger charge is -2.26. The molecule has 0 aliphatic heterocycles. The van der Waals surface area contributed by atoms with Crippen molar-refractivity contribution in [2.24, 2.45) is 5.92 Å². The largest absolute Gasteiger partial charge is 0.444 e. The van der Waals surface area contributed by atoms with E-state index >= 15 is 0 Å². The fourth-order valence-electron chi connectivity index (χ4n) is 3.96. The fraction of sp³-hybridized carbons (Fsp3) is 0.690. The normalized spacial score (nSPS) is 13.5. The highest BCUT2D eigenvalue weighted by molar-refractivity contribution is 7.09. The molecule has 3 N–H and O–H groups in total. The third kappa shape index (κ3) is 13.0. The third-order valence-electron chi connectivity index (χ3n) is 6.51. The Hall–Kier alpha value is -2.77. The fourth-order valence-corrected chi connectivity index (χ4v) is 5.29. The maximum Gasteiger partial charge on any atom is 0.407 e. The van der Waals surface area contributed by atoms with Crippen LogP contribution in [0.1, 0.15) is 88.7 Å². The van der Waals surface area contributed by atoms with Crippen molar-refractivity contribution in [3.63, 3.8) is 0 Å². The van der Waals surface area contributed by atoms with Crippen LogP contribution in [0, 0.1) is 5.92 Å². The summed E-state index contributed by atoms with van der Waals surface area (Å²) in [6.45, 7) is 13.3. The second-order valence-electron chi connectivity index (χ2n) is 11.1. The number of urea groups is 1. The molecule has 0 radical (unpaired) electrons. The van der Waals surface area contributed by atoms with Crippen LogP contribution < -0.4 is 16.0 Å². The van der Waals surface area contributed by atoms with Crippen molar-refractivity contribution in [2.45, 2.75) is 104 Å². The van der Waals surface area contributed by atoms with E-state index in [0.717, 1.165) is 22.0 Å². The lowest BCUT2D eigenvalue weighted by Crippen LogP contribution is -2.54. The van der Waals surface area contributed by atoms with E-state index in [1.807, 2.05) is 33.1 Å². The predicted molar refractivity (Wildman–Crippen MR) is 167 cm³/mol. The van der Waals surface area contributed by atoms with Crippen LogP contribution in [0.15, 0.2) is 17.1 Å². The molecule has 0 aromatic carbocycles. The molecule has 0 aliphatic carbocycles. The Morgan fingerprint density at radius 2 is 1.67 bits per heavy atom. The summed E-state index contributed by atoms with van der Waals surface area (Å²) in [5, 5.41) is 11.8. The van der Waals surface area contributed by atoms with E-state index in [0.29, 0.717) is 44.2 Å². The van der Waals surface area contributed by atoms with E-state index in [2.05, 4.69) is 39.8 Å². The highest BCUT2D eigenvalue weighted by Crippen LogP contribution is 2.20. The highest BCUT2D eigenvalue weighted by atomic mass is 32.1. The molecule has 0 bridgehead atoms. The smallest absolute Gasteiger partial charge is 0.407 e. The quantitative estimate of drug-likeness (QED) is 0.205. The summed E-state index contributed by atoms with van der Waals surface area (Å²) in [5.41, 5.74) is 2.51. The van der Waals surface area contributed by atoms with Gasteiger partial charge in [-0.3, -0.25) is 9.78 Å². The van der Waals surface area contributed by atoms with Gasteiger partial charge in [0, 0.05) is 43.2 Å². The molecular weight excluding hydrogens is 576 g/mol. The van der Waals surface area contributed by atoms with E-state index in [-0.39, 0.29) is 37.2 Å². The first-order chi connectivity index (χ1) is 20.0. The average Bonchev–Trinajstić information content (AvgIpc) is 3.65. The second-order valence-corrected chi connectivity index (χ2v) is 13.0. The molecule has 2 rings (SSSR count). The lowest BCUT2D eigenvalue weighted by atomic mass is 10.0. The van der Waals surface area contributed by atoms with Crippen LogP contribution in [-0.4, -0.2) is 71.3 Å². The number of amides is 4. The van der Waals surface area contributed by atoms with Gasteiger partial charge in [0.25, 0.3) is 0 Å². The summed E-state index contributed by atoms with van der Waals surface area (Å²) in [6.07, 6.45) is 3.96. The minimum atomic E-state index is -0.851. The van der Waals surface area contributed by atoms with Crippen LogP contribution in [0.25, 0.3) is 0 Å². The van der Waals surface area contributed by atoms with Gasteiger partial charge in [-0.15, -0.1) is 22.7 Å². The number of ether oxygens (including phenoxy) is 2. The van der Waals surface area contributed by atoms with E-state index < -0.39 is 12.1 Å². The molecule has 13 heteroatoms. The highest BCUT2D eigenvalue weighted by Gasteiger charge is 2.26. The van der Waals surface area contributed by atoms with Gasteiger partial charge >= 0.3 is 12.1 Å². The molecule has 2 aromatic rings. The number of carbonyl (C=O) groups excluding carboxylic acids is 3. The van der Waals surface area contributed by atoms with Crippen molar-refractivity contribution in [3.05, 3.63) is 32.7 Å². The predicted octanol–water partition coefficient (Wildman–Crippen LogP) is 5.29. The number of nitrogens with zero attached hydrogens (tertiary/aromatic N) is 3. The number of thiazole rings is 2. The zero-order valence-electron chi connectivity index (χ0n) is 26.0. The van der Waals surface area contributed by atoms with Crippen molar-refractivity contribution in [2.75, 3.05) is 20.3 Å². The molecule has 0 fully saturated rings. The van der Waals surface area contributed by atoms with E-state index in [1.54, 1.807) is 30.1 Å². The molecule has 2 aromatic heterocycles. The summed E-state index contributed by atoms with van der Waals surface area (Å²) in [6, 6.07) is -1.45. The molecular formula is C29H48N6O5S2. The Morgan fingerprint density at radius 1 is 0.976 bits per heavy atom. The minimum Gasteiger partial charge on any atom is -0.444 e. The van der Waals surface area contributed by atoms with E-state index in [1.165, 1.54) is 16.2 Å². The van der Waals surface area contributed by atoms with Gasteiger partial charge in [-0.05, 0) is 31.6 Å². The maximum absolute atomic E-state index is 13.3. The zero-order chi connectivity index (χ0) is 31.1. The molecule has 42 heavy (non-hydrogen) atoms. The molecule has 2 heterocycles. The van der Waals surface area contributed by atoms with Crippen LogP contribution in [0.3, 0.4) is 0 Å². The summed E-state index contributed by atoms with van der Waals surface area (Å²) in [7, 11) is 1.68. The van der Waals surface area contributed by atoms with Crippen LogP contribution >= 0.6 is 22.7 Å². The SMILES string of the molecule is CC[C@@H](CC[C@H](CC)NC(=O)[C@H](COCC(C)C)NC(=O)N(C)Cc1csc(C(C)C)n1)NC(=O)OCc1cncs1. The van der Waals surface area contributed by atoms with Gasteiger partial charge in [0.2, 0.25) is 5.91 Å². The Kier molecular flexibility index (Phi) is 15.8. The molecule has 0 aliphatic rings. The van der Waals surface area contributed by atoms with Gasteiger partial charge < -0.3 is 30.3 Å². The second kappa shape index (κ2) is 18.7. The first-order valence-electron chi connectivity index (χ1n) is 14.7. The molecule has 0 unspecified atom stereocenters.